The summed E-state index contributed by atoms with van der Waals surface area (Å²) in [5.41, 5.74) is 1.34. The molecule has 4 heteroatoms. The van der Waals surface area contributed by atoms with Gasteiger partial charge in [0.15, 0.2) is 0 Å². The van der Waals surface area contributed by atoms with Crippen LogP contribution in [0, 0.1) is 5.92 Å². The molecule has 0 amide bonds. The number of esters is 1. The molecule has 2 heterocycles. The molecule has 0 bridgehead atoms. The fourth-order valence-corrected chi connectivity index (χ4v) is 3.34. The first-order valence-electron chi connectivity index (χ1n) is 6.82. The zero-order valence-corrected chi connectivity index (χ0v) is 11.4. The van der Waals surface area contributed by atoms with Crippen molar-refractivity contribution < 1.29 is 19.4 Å². The van der Waals surface area contributed by atoms with Crippen LogP contribution in [0.4, 0.5) is 0 Å². The van der Waals surface area contributed by atoms with E-state index < -0.39 is 6.10 Å². The number of aliphatic hydroxyl groups is 1. The van der Waals surface area contributed by atoms with Gasteiger partial charge in [-0.25, -0.2) is 4.79 Å². The Morgan fingerprint density at radius 1 is 1.53 bits per heavy atom. The topological polar surface area (TPSA) is 59.1 Å². The minimum Gasteiger partial charge on any atom is -0.458 e. The molecular weight excluding hydrogens is 244 g/mol. The SMILES string of the molecule is C=C1C(=O)OC2C/C(C)=C/C(O)CC3(C)OC3CC12. The number of hydrogen-bond acceptors (Lipinski definition) is 4. The molecule has 5 atom stereocenters. The average Bonchev–Trinajstić information content (AvgIpc) is 2.84. The first kappa shape index (κ1) is 12.9. The van der Waals surface area contributed by atoms with Gasteiger partial charge >= 0.3 is 5.97 Å². The summed E-state index contributed by atoms with van der Waals surface area (Å²) in [4.78, 5) is 11.7. The van der Waals surface area contributed by atoms with Gasteiger partial charge in [0.1, 0.15) is 6.10 Å². The van der Waals surface area contributed by atoms with Crippen LogP contribution in [-0.2, 0) is 14.3 Å². The molecule has 5 unspecified atom stereocenters. The van der Waals surface area contributed by atoms with Crippen molar-refractivity contribution in [2.24, 2.45) is 5.92 Å². The molecule has 2 fully saturated rings. The molecule has 1 N–H and O–H groups in total. The largest absolute Gasteiger partial charge is 0.458 e. The van der Waals surface area contributed by atoms with E-state index in [0.717, 1.165) is 12.0 Å². The van der Waals surface area contributed by atoms with Gasteiger partial charge in [0, 0.05) is 24.3 Å². The Balaban J connectivity index is 1.88. The number of fused-ring (bicyclic) bond motifs is 2. The molecule has 0 spiro atoms. The number of epoxide rings is 1. The second-order valence-corrected chi connectivity index (χ2v) is 6.22. The lowest BCUT2D eigenvalue weighted by molar-refractivity contribution is -0.139. The summed E-state index contributed by atoms with van der Waals surface area (Å²) in [7, 11) is 0. The molecule has 1 aliphatic carbocycles. The number of aliphatic hydroxyl groups excluding tert-OH is 1. The van der Waals surface area contributed by atoms with Crippen LogP contribution in [0.2, 0.25) is 0 Å². The van der Waals surface area contributed by atoms with E-state index in [1.165, 1.54) is 0 Å². The zero-order valence-electron chi connectivity index (χ0n) is 11.4. The molecule has 2 saturated heterocycles. The molecule has 3 rings (SSSR count). The monoisotopic (exact) mass is 264 g/mol. The number of carbonyl (C=O) groups is 1. The van der Waals surface area contributed by atoms with Crippen LogP contribution in [0.5, 0.6) is 0 Å². The number of ether oxygens (including phenoxy) is 2. The summed E-state index contributed by atoms with van der Waals surface area (Å²) >= 11 is 0. The number of hydrogen-bond donors (Lipinski definition) is 1. The summed E-state index contributed by atoms with van der Waals surface area (Å²) in [5.74, 6) is -0.247. The number of rotatable bonds is 0. The van der Waals surface area contributed by atoms with E-state index in [1.807, 2.05) is 19.9 Å². The average molecular weight is 264 g/mol. The maximum absolute atomic E-state index is 11.7. The van der Waals surface area contributed by atoms with Crippen LogP contribution in [0.3, 0.4) is 0 Å². The second-order valence-electron chi connectivity index (χ2n) is 6.22. The third kappa shape index (κ3) is 2.23. The van der Waals surface area contributed by atoms with Crippen molar-refractivity contribution >= 4 is 5.97 Å². The minimum atomic E-state index is -0.494. The Kier molecular flexibility index (Phi) is 2.84. The van der Waals surface area contributed by atoms with Gasteiger partial charge in [-0.2, -0.15) is 0 Å². The smallest absolute Gasteiger partial charge is 0.334 e. The highest BCUT2D eigenvalue weighted by Crippen LogP contribution is 2.48. The molecule has 0 radical (unpaired) electrons. The van der Waals surface area contributed by atoms with E-state index in [1.54, 1.807) is 0 Å². The lowest BCUT2D eigenvalue weighted by Gasteiger charge is -2.20. The highest BCUT2D eigenvalue weighted by atomic mass is 16.6. The third-order valence-corrected chi connectivity index (χ3v) is 4.53. The molecule has 0 aromatic rings. The fourth-order valence-electron chi connectivity index (χ4n) is 3.34. The highest BCUT2D eigenvalue weighted by molar-refractivity contribution is 5.90. The van der Waals surface area contributed by atoms with Gasteiger partial charge in [-0.3, -0.25) is 0 Å². The van der Waals surface area contributed by atoms with Gasteiger partial charge in [0.25, 0.3) is 0 Å². The standard InChI is InChI=1S/C15H20O4/c1-8-4-10(16)7-15(3)13(19-15)6-11-9(2)14(17)18-12(11)5-8/h4,10-13,16H,2,5-7H2,1,3H3/b8-4+. The Morgan fingerprint density at radius 2 is 2.26 bits per heavy atom. The van der Waals surface area contributed by atoms with Crippen molar-refractivity contribution in [2.45, 2.75) is 57.0 Å². The molecular formula is C15H20O4. The number of carbonyl (C=O) groups excluding carboxylic acids is 1. The zero-order chi connectivity index (χ0) is 13.8. The molecule has 3 aliphatic rings. The Hall–Kier alpha value is -1.13. The Labute approximate surface area is 113 Å². The highest BCUT2D eigenvalue weighted by Gasteiger charge is 2.55. The molecule has 4 nitrogen and oxygen atoms in total. The summed E-state index contributed by atoms with van der Waals surface area (Å²) in [5, 5.41) is 10.0. The fraction of sp³-hybridized carbons (Fsp3) is 0.667. The van der Waals surface area contributed by atoms with Gasteiger partial charge in [0.2, 0.25) is 0 Å². The molecule has 2 aliphatic heterocycles. The maximum atomic E-state index is 11.7. The van der Waals surface area contributed by atoms with Crippen LogP contribution in [0.25, 0.3) is 0 Å². The van der Waals surface area contributed by atoms with Crippen LogP contribution in [-0.4, -0.2) is 35.0 Å². The van der Waals surface area contributed by atoms with Gasteiger partial charge in [-0.05, 0) is 20.3 Å². The Bertz CT molecular complexity index is 467. The van der Waals surface area contributed by atoms with E-state index in [2.05, 4.69) is 6.58 Å². The molecule has 0 aromatic carbocycles. The van der Waals surface area contributed by atoms with Crippen LogP contribution in [0.15, 0.2) is 23.8 Å². The van der Waals surface area contributed by atoms with Gasteiger partial charge in [0.05, 0.1) is 17.8 Å². The molecule has 0 saturated carbocycles. The van der Waals surface area contributed by atoms with Gasteiger partial charge in [-0.15, -0.1) is 0 Å². The first-order valence-corrected chi connectivity index (χ1v) is 6.82. The second kappa shape index (κ2) is 4.18. The van der Waals surface area contributed by atoms with E-state index >= 15 is 0 Å². The van der Waals surface area contributed by atoms with Crippen molar-refractivity contribution in [3.8, 4) is 0 Å². The minimum absolute atomic E-state index is 0.0397. The molecule has 19 heavy (non-hydrogen) atoms. The predicted octanol–water partition coefficient (Wildman–Crippen LogP) is 1.73. The summed E-state index contributed by atoms with van der Waals surface area (Å²) in [6.45, 7) is 7.84. The Morgan fingerprint density at radius 3 is 3.00 bits per heavy atom. The summed E-state index contributed by atoms with van der Waals surface area (Å²) < 4.78 is 11.1. The van der Waals surface area contributed by atoms with Crippen LogP contribution in [0.1, 0.15) is 33.1 Å². The lowest BCUT2D eigenvalue weighted by atomic mass is 9.84. The van der Waals surface area contributed by atoms with Crippen molar-refractivity contribution in [2.75, 3.05) is 0 Å². The summed E-state index contributed by atoms with van der Waals surface area (Å²) in [6.07, 6.45) is 3.31. The first-order chi connectivity index (χ1) is 8.89. The molecule has 0 aromatic heterocycles. The van der Waals surface area contributed by atoms with E-state index in [0.29, 0.717) is 18.4 Å². The normalized spacial score (nSPS) is 48.7. The van der Waals surface area contributed by atoms with Crippen molar-refractivity contribution in [3.63, 3.8) is 0 Å². The van der Waals surface area contributed by atoms with Crippen LogP contribution < -0.4 is 0 Å². The van der Waals surface area contributed by atoms with Crippen molar-refractivity contribution in [3.05, 3.63) is 23.8 Å². The van der Waals surface area contributed by atoms with Crippen molar-refractivity contribution in [1.29, 1.82) is 0 Å². The maximum Gasteiger partial charge on any atom is 0.334 e. The predicted molar refractivity (Wildman–Crippen MR) is 69.4 cm³/mol. The quantitative estimate of drug-likeness (QED) is 0.313. The van der Waals surface area contributed by atoms with E-state index in [9.17, 15) is 9.90 Å². The van der Waals surface area contributed by atoms with E-state index in [4.69, 9.17) is 9.47 Å². The van der Waals surface area contributed by atoms with Crippen molar-refractivity contribution in [1.82, 2.24) is 0 Å². The summed E-state index contributed by atoms with van der Waals surface area (Å²) in [6, 6.07) is 0. The third-order valence-electron chi connectivity index (χ3n) is 4.53. The molecule has 104 valence electrons. The van der Waals surface area contributed by atoms with E-state index in [-0.39, 0.29) is 29.7 Å². The van der Waals surface area contributed by atoms with Gasteiger partial charge in [-0.1, -0.05) is 18.2 Å². The van der Waals surface area contributed by atoms with Crippen LogP contribution >= 0.6 is 0 Å². The lowest BCUT2D eigenvalue weighted by Crippen LogP contribution is -2.25. The van der Waals surface area contributed by atoms with Gasteiger partial charge < -0.3 is 14.6 Å².